The van der Waals surface area contributed by atoms with E-state index in [-0.39, 0.29) is 0 Å². The maximum atomic E-state index is 6.23. The van der Waals surface area contributed by atoms with Crippen molar-refractivity contribution < 1.29 is 0 Å². The van der Waals surface area contributed by atoms with Crippen LogP contribution in [-0.4, -0.2) is 49.1 Å². The van der Waals surface area contributed by atoms with Crippen molar-refractivity contribution in [3.05, 3.63) is 35.2 Å². The van der Waals surface area contributed by atoms with Gasteiger partial charge < -0.3 is 10.6 Å². The number of hydrogen-bond acceptors (Lipinski definition) is 3. The van der Waals surface area contributed by atoms with Crippen molar-refractivity contribution in [3.63, 3.8) is 0 Å². The minimum Gasteiger partial charge on any atom is -0.398 e. The lowest BCUT2D eigenvalue weighted by atomic mass is 9.79. The normalized spacial score (nSPS) is 28.7. The predicted molar refractivity (Wildman–Crippen MR) is 89.6 cm³/mol. The van der Waals surface area contributed by atoms with Crippen LogP contribution in [0.5, 0.6) is 0 Å². The zero-order valence-electron chi connectivity index (χ0n) is 12.8. The van der Waals surface area contributed by atoms with Gasteiger partial charge in [0.05, 0.1) is 10.7 Å². The molecule has 21 heavy (non-hydrogen) atoms. The first kappa shape index (κ1) is 15.1. The van der Waals surface area contributed by atoms with Gasteiger partial charge in [0.15, 0.2) is 0 Å². The maximum Gasteiger partial charge on any atom is 0.0638 e. The number of nitrogen functional groups attached to an aromatic ring is 1. The fourth-order valence-electron chi connectivity index (χ4n) is 3.67. The quantitative estimate of drug-likeness (QED) is 0.853. The summed E-state index contributed by atoms with van der Waals surface area (Å²) in [6, 6.07) is 6.83. The smallest absolute Gasteiger partial charge is 0.0638 e. The fourth-order valence-corrected chi connectivity index (χ4v) is 3.86. The summed E-state index contributed by atoms with van der Waals surface area (Å²) in [6.45, 7) is 4.71. The Bertz CT molecular complexity index is 483. The van der Waals surface area contributed by atoms with Crippen molar-refractivity contribution in [3.8, 4) is 0 Å². The molecule has 4 heteroatoms. The first-order chi connectivity index (χ1) is 10.1. The summed E-state index contributed by atoms with van der Waals surface area (Å²) < 4.78 is 0. The molecule has 2 aliphatic rings. The molecule has 1 radical (unpaired) electrons. The second-order valence-corrected chi connectivity index (χ2v) is 6.80. The van der Waals surface area contributed by atoms with Gasteiger partial charge in [-0.2, -0.15) is 0 Å². The number of benzene rings is 1. The molecule has 1 saturated heterocycles. The first-order valence-corrected chi connectivity index (χ1v) is 8.32. The molecule has 2 atom stereocenters. The Balaban J connectivity index is 1.79. The summed E-state index contributed by atoms with van der Waals surface area (Å²) >= 11 is 6.23. The van der Waals surface area contributed by atoms with Gasteiger partial charge in [0, 0.05) is 32.2 Å². The third-order valence-corrected chi connectivity index (χ3v) is 5.34. The van der Waals surface area contributed by atoms with Crippen LogP contribution < -0.4 is 5.73 Å². The van der Waals surface area contributed by atoms with Gasteiger partial charge in [-0.1, -0.05) is 17.7 Å². The Morgan fingerprint density at radius 2 is 1.95 bits per heavy atom. The van der Waals surface area contributed by atoms with Crippen molar-refractivity contribution in [2.75, 3.05) is 39.0 Å². The number of hydrogen-bond donors (Lipinski definition) is 1. The predicted octanol–water partition coefficient (Wildman–Crippen LogP) is 3.01. The van der Waals surface area contributed by atoms with Crippen LogP contribution in [0.3, 0.4) is 0 Å². The molecule has 2 fully saturated rings. The van der Waals surface area contributed by atoms with E-state index in [4.69, 9.17) is 17.3 Å². The number of likely N-dealkylation sites (N-methyl/N-ethyl adjacent to an activating group) is 1. The second kappa shape index (κ2) is 6.55. The summed E-state index contributed by atoms with van der Waals surface area (Å²) in [5.74, 6) is 0.556. The van der Waals surface area contributed by atoms with Gasteiger partial charge in [-0.05, 0) is 56.3 Å². The molecule has 0 amide bonds. The van der Waals surface area contributed by atoms with Gasteiger partial charge in [0.25, 0.3) is 0 Å². The second-order valence-electron chi connectivity index (χ2n) is 6.40. The Labute approximate surface area is 133 Å². The molecule has 1 saturated carbocycles. The largest absolute Gasteiger partial charge is 0.398 e. The van der Waals surface area contributed by atoms with Crippen LogP contribution in [-0.2, 0) is 0 Å². The standard InChI is InChI=1S/C17H25ClN3/c1-20-8-10-21(11-9-20)17-5-3-2-4-14(17)13-6-7-16(19)15(18)12-13/h2,6-7,12,14,17H,3-5,8-11,19H2,1H3. The van der Waals surface area contributed by atoms with Crippen LogP contribution >= 0.6 is 11.6 Å². The van der Waals surface area contributed by atoms with E-state index >= 15 is 0 Å². The number of nitrogens with zero attached hydrogens (tertiary/aromatic N) is 2. The molecule has 1 aromatic rings. The van der Waals surface area contributed by atoms with E-state index in [2.05, 4.69) is 35.4 Å². The number of anilines is 1. The number of nitrogens with two attached hydrogens (primary N) is 1. The van der Waals surface area contributed by atoms with E-state index in [0.29, 0.717) is 22.7 Å². The molecule has 0 spiro atoms. The van der Waals surface area contributed by atoms with Crippen molar-refractivity contribution >= 4 is 17.3 Å². The van der Waals surface area contributed by atoms with Gasteiger partial charge in [-0.15, -0.1) is 0 Å². The number of rotatable bonds is 2. The lowest BCUT2D eigenvalue weighted by molar-refractivity contribution is 0.0854. The van der Waals surface area contributed by atoms with Crippen molar-refractivity contribution in [1.82, 2.24) is 9.80 Å². The Morgan fingerprint density at radius 1 is 1.19 bits per heavy atom. The molecule has 3 nitrogen and oxygen atoms in total. The zero-order valence-corrected chi connectivity index (χ0v) is 13.5. The zero-order chi connectivity index (χ0) is 14.8. The third kappa shape index (κ3) is 3.36. The minimum atomic E-state index is 0.556. The minimum absolute atomic E-state index is 0.556. The van der Waals surface area contributed by atoms with E-state index in [1.165, 1.54) is 44.6 Å². The lowest BCUT2D eigenvalue weighted by Gasteiger charge is -2.43. The van der Waals surface area contributed by atoms with Crippen LogP contribution in [0.1, 0.15) is 30.7 Å². The summed E-state index contributed by atoms with van der Waals surface area (Å²) in [5.41, 5.74) is 7.87. The third-order valence-electron chi connectivity index (χ3n) is 5.01. The molecule has 1 aliphatic carbocycles. The van der Waals surface area contributed by atoms with Crippen molar-refractivity contribution in [1.29, 1.82) is 0 Å². The highest BCUT2D eigenvalue weighted by Crippen LogP contribution is 2.37. The van der Waals surface area contributed by atoms with Crippen LogP contribution in [0.25, 0.3) is 0 Å². The Kier molecular flexibility index (Phi) is 4.72. The van der Waals surface area contributed by atoms with Crippen molar-refractivity contribution in [2.24, 2.45) is 0 Å². The molecule has 2 unspecified atom stereocenters. The van der Waals surface area contributed by atoms with E-state index < -0.39 is 0 Å². The SMILES string of the molecule is CN1CCN(C2CC[CH]CC2c2ccc(N)c(Cl)c2)CC1. The van der Waals surface area contributed by atoms with E-state index in [9.17, 15) is 0 Å². The number of piperazine rings is 1. The summed E-state index contributed by atoms with van der Waals surface area (Å²) in [6.07, 6.45) is 6.07. The maximum absolute atomic E-state index is 6.23. The average Bonchev–Trinajstić information content (AvgIpc) is 2.51. The molecule has 115 valence electrons. The van der Waals surface area contributed by atoms with Crippen molar-refractivity contribution in [2.45, 2.75) is 31.2 Å². The highest BCUT2D eigenvalue weighted by molar-refractivity contribution is 6.33. The summed E-state index contributed by atoms with van der Waals surface area (Å²) in [7, 11) is 2.21. The van der Waals surface area contributed by atoms with Gasteiger partial charge in [0.1, 0.15) is 0 Å². The topological polar surface area (TPSA) is 32.5 Å². The molecular weight excluding hydrogens is 282 g/mol. The molecular formula is C17H25ClN3. The molecule has 0 aromatic heterocycles. The number of halogens is 1. The fraction of sp³-hybridized carbons (Fsp3) is 0.588. The van der Waals surface area contributed by atoms with Gasteiger partial charge in [-0.25, -0.2) is 0 Å². The molecule has 1 aliphatic heterocycles. The van der Waals surface area contributed by atoms with Crippen LogP contribution in [0.4, 0.5) is 5.69 Å². The average molecular weight is 307 g/mol. The highest BCUT2D eigenvalue weighted by Gasteiger charge is 2.32. The molecule has 0 bridgehead atoms. The molecule has 3 rings (SSSR count). The van der Waals surface area contributed by atoms with Crippen LogP contribution in [0, 0.1) is 6.42 Å². The summed E-state index contributed by atoms with van der Waals surface area (Å²) in [5, 5.41) is 0.690. The Hall–Kier alpha value is -0.770. The van der Waals surface area contributed by atoms with Gasteiger partial charge >= 0.3 is 0 Å². The van der Waals surface area contributed by atoms with E-state index in [0.717, 1.165) is 6.42 Å². The molecule has 2 N–H and O–H groups in total. The Morgan fingerprint density at radius 3 is 2.67 bits per heavy atom. The van der Waals surface area contributed by atoms with Gasteiger partial charge in [-0.3, -0.25) is 4.90 Å². The van der Waals surface area contributed by atoms with Crippen LogP contribution in [0.2, 0.25) is 5.02 Å². The summed E-state index contributed by atoms with van der Waals surface area (Å²) in [4.78, 5) is 5.10. The van der Waals surface area contributed by atoms with E-state index in [1.54, 1.807) is 0 Å². The monoisotopic (exact) mass is 306 g/mol. The first-order valence-electron chi connectivity index (χ1n) is 7.94. The highest BCUT2D eigenvalue weighted by atomic mass is 35.5. The van der Waals surface area contributed by atoms with E-state index in [1.807, 2.05) is 6.07 Å². The lowest BCUT2D eigenvalue weighted by Crippen LogP contribution is -2.51. The molecule has 1 aromatic carbocycles. The molecule has 1 heterocycles. The van der Waals surface area contributed by atoms with Crippen LogP contribution in [0.15, 0.2) is 18.2 Å². The van der Waals surface area contributed by atoms with Gasteiger partial charge in [0.2, 0.25) is 0 Å².